The van der Waals surface area contributed by atoms with Crippen molar-refractivity contribution in [3.05, 3.63) is 28.2 Å². The van der Waals surface area contributed by atoms with Gasteiger partial charge in [-0.1, -0.05) is 15.9 Å². The lowest BCUT2D eigenvalue weighted by molar-refractivity contribution is 0.0757. The van der Waals surface area contributed by atoms with Crippen LogP contribution in [0.4, 0.5) is 0 Å². The first-order valence-electron chi connectivity index (χ1n) is 6.84. The summed E-state index contributed by atoms with van der Waals surface area (Å²) in [5, 5.41) is 2.35. The molecule has 0 aromatic heterocycles. The molecule has 5 heteroatoms. The SMILES string of the molecule is CN1CCN(NC2CCOc3ccc(Br)cc32)CC1. The quantitative estimate of drug-likeness (QED) is 0.900. The predicted molar refractivity (Wildman–Crippen MR) is 79.2 cm³/mol. The van der Waals surface area contributed by atoms with Gasteiger partial charge >= 0.3 is 0 Å². The molecule has 1 saturated heterocycles. The number of hydrazine groups is 1. The molecule has 0 aliphatic carbocycles. The number of benzene rings is 1. The molecule has 104 valence electrons. The molecule has 1 fully saturated rings. The van der Waals surface area contributed by atoms with Crippen LogP contribution in [-0.4, -0.2) is 49.7 Å². The van der Waals surface area contributed by atoms with Crippen LogP contribution in [0.2, 0.25) is 0 Å². The summed E-state index contributed by atoms with van der Waals surface area (Å²) in [6, 6.07) is 6.63. The molecular formula is C14H20BrN3O. The number of hydrogen-bond donors (Lipinski definition) is 1. The monoisotopic (exact) mass is 325 g/mol. The van der Waals surface area contributed by atoms with Crippen molar-refractivity contribution >= 4 is 15.9 Å². The molecule has 1 aromatic rings. The summed E-state index contributed by atoms with van der Waals surface area (Å²) in [6.07, 6.45) is 1.02. The molecule has 2 aliphatic heterocycles. The first kappa shape index (κ1) is 13.4. The topological polar surface area (TPSA) is 27.7 Å². The second-order valence-corrected chi connectivity index (χ2v) is 6.21. The fourth-order valence-corrected chi connectivity index (χ4v) is 3.03. The number of rotatable bonds is 2. The smallest absolute Gasteiger partial charge is 0.124 e. The Balaban J connectivity index is 1.71. The lowest BCUT2D eigenvalue weighted by Crippen LogP contribution is -2.52. The first-order chi connectivity index (χ1) is 9.22. The minimum Gasteiger partial charge on any atom is -0.493 e. The molecular weight excluding hydrogens is 306 g/mol. The molecule has 3 rings (SSSR count). The van der Waals surface area contributed by atoms with Gasteiger partial charge in [0.25, 0.3) is 0 Å². The van der Waals surface area contributed by atoms with E-state index >= 15 is 0 Å². The zero-order valence-corrected chi connectivity index (χ0v) is 12.8. The number of halogens is 1. The maximum Gasteiger partial charge on any atom is 0.124 e. The van der Waals surface area contributed by atoms with Crippen molar-refractivity contribution in [3.8, 4) is 5.75 Å². The van der Waals surface area contributed by atoms with E-state index in [2.05, 4.69) is 50.4 Å². The van der Waals surface area contributed by atoms with Crippen molar-refractivity contribution in [2.75, 3.05) is 39.8 Å². The number of nitrogens with zero attached hydrogens (tertiary/aromatic N) is 2. The summed E-state index contributed by atoms with van der Waals surface area (Å²) in [5.41, 5.74) is 4.93. The van der Waals surface area contributed by atoms with Crippen molar-refractivity contribution in [1.82, 2.24) is 15.3 Å². The van der Waals surface area contributed by atoms with Crippen LogP contribution in [0.5, 0.6) is 5.75 Å². The molecule has 19 heavy (non-hydrogen) atoms. The third-order valence-electron chi connectivity index (χ3n) is 3.85. The molecule has 1 N–H and O–H groups in total. The average molecular weight is 326 g/mol. The van der Waals surface area contributed by atoms with Crippen LogP contribution in [-0.2, 0) is 0 Å². The third kappa shape index (κ3) is 3.11. The highest BCUT2D eigenvalue weighted by molar-refractivity contribution is 9.10. The summed E-state index contributed by atoms with van der Waals surface area (Å²) in [7, 11) is 2.18. The van der Waals surface area contributed by atoms with Crippen molar-refractivity contribution < 1.29 is 4.74 Å². The Labute approximate surface area is 122 Å². The molecule has 0 saturated carbocycles. The number of piperazine rings is 1. The first-order valence-corrected chi connectivity index (χ1v) is 7.63. The van der Waals surface area contributed by atoms with E-state index in [1.165, 1.54) is 5.56 Å². The van der Waals surface area contributed by atoms with Crippen LogP contribution in [0.15, 0.2) is 22.7 Å². The van der Waals surface area contributed by atoms with Crippen LogP contribution in [0.25, 0.3) is 0 Å². The van der Waals surface area contributed by atoms with Gasteiger partial charge in [-0.2, -0.15) is 0 Å². The van der Waals surface area contributed by atoms with Crippen molar-refractivity contribution in [2.24, 2.45) is 0 Å². The Kier molecular flexibility index (Phi) is 4.07. The zero-order chi connectivity index (χ0) is 13.2. The summed E-state index contributed by atoms with van der Waals surface area (Å²) in [6.45, 7) is 5.21. The van der Waals surface area contributed by atoms with Gasteiger partial charge in [0.2, 0.25) is 0 Å². The molecule has 1 aromatic carbocycles. The van der Waals surface area contributed by atoms with E-state index in [0.717, 1.165) is 49.4 Å². The van der Waals surface area contributed by atoms with Crippen molar-refractivity contribution in [3.63, 3.8) is 0 Å². The molecule has 0 amide bonds. The Hall–Kier alpha value is -0.620. The summed E-state index contributed by atoms with van der Waals surface area (Å²) in [4.78, 5) is 2.37. The molecule has 4 nitrogen and oxygen atoms in total. The molecule has 0 spiro atoms. The van der Waals surface area contributed by atoms with Crippen LogP contribution in [0.3, 0.4) is 0 Å². The zero-order valence-electron chi connectivity index (χ0n) is 11.2. The van der Waals surface area contributed by atoms with Crippen LogP contribution < -0.4 is 10.2 Å². The molecule has 2 heterocycles. The summed E-state index contributed by atoms with van der Waals surface area (Å²) in [5.74, 6) is 1.01. The Bertz CT molecular complexity index is 446. The maximum atomic E-state index is 5.73. The van der Waals surface area contributed by atoms with Crippen LogP contribution in [0.1, 0.15) is 18.0 Å². The Morgan fingerprint density at radius 1 is 1.26 bits per heavy atom. The minimum atomic E-state index is 0.365. The Morgan fingerprint density at radius 3 is 2.84 bits per heavy atom. The van der Waals surface area contributed by atoms with Gasteiger partial charge in [0, 0.05) is 42.6 Å². The van der Waals surface area contributed by atoms with Gasteiger partial charge in [-0.05, 0) is 25.2 Å². The number of likely N-dealkylation sites (N-methyl/N-ethyl adjacent to an activating group) is 1. The number of fused-ring (bicyclic) bond motifs is 1. The normalized spacial score (nSPS) is 24.8. The highest BCUT2D eigenvalue weighted by atomic mass is 79.9. The lowest BCUT2D eigenvalue weighted by atomic mass is 10.0. The number of ether oxygens (including phenoxy) is 1. The average Bonchev–Trinajstić information content (AvgIpc) is 2.42. The molecule has 1 atom stereocenters. The van der Waals surface area contributed by atoms with E-state index in [0.29, 0.717) is 6.04 Å². The van der Waals surface area contributed by atoms with Gasteiger partial charge in [-0.15, -0.1) is 0 Å². The lowest BCUT2D eigenvalue weighted by Gasteiger charge is -2.37. The van der Waals surface area contributed by atoms with Gasteiger partial charge in [0.15, 0.2) is 0 Å². The highest BCUT2D eigenvalue weighted by Gasteiger charge is 2.24. The van der Waals surface area contributed by atoms with E-state index in [1.807, 2.05) is 6.07 Å². The van der Waals surface area contributed by atoms with E-state index in [1.54, 1.807) is 0 Å². The molecule has 0 bridgehead atoms. The second kappa shape index (κ2) is 5.79. The second-order valence-electron chi connectivity index (χ2n) is 5.29. The fourth-order valence-electron chi connectivity index (χ4n) is 2.66. The van der Waals surface area contributed by atoms with Gasteiger partial charge < -0.3 is 9.64 Å². The Morgan fingerprint density at radius 2 is 2.05 bits per heavy atom. The molecule has 0 radical (unpaired) electrons. The number of nitrogens with one attached hydrogen (secondary N) is 1. The van der Waals surface area contributed by atoms with Crippen molar-refractivity contribution in [1.29, 1.82) is 0 Å². The van der Waals surface area contributed by atoms with Gasteiger partial charge in [0.05, 0.1) is 12.6 Å². The molecule has 1 unspecified atom stereocenters. The predicted octanol–water partition coefficient (Wildman–Crippen LogP) is 2.02. The minimum absolute atomic E-state index is 0.365. The van der Waals surface area contributed by atoms with E-state index in [9.17, 15) is 0 Å². The summed E-state index contributed by atoms with van der Waals surface area (Å²) < 4.78 is 6.84. The van der Waals surface area contributed by atoms with Crippen LogP contribution in [0, 0.1) is 0 Å². The van der Waals surface area contributed by atoms with Crippen molar-refractivity contribution in [2.45, 2.75) is 12.5 Å². The van der Waals surface area contributed by atoms with Crippen LogP contribution >= 0.6 is 15.9 Å². The van der Waals surface area contributed by atoms with E-state index in [-0.39, 0.29) is 0 Å². The third-order valence-corrected chi connectivity index (χ3v) is 4.35. The largest absolute Gasteiger partial charge is 0.493 e. The fraction of sp³-hybridized carbons (Fsp3) is 0.571. The van der Waals surface area contributed by atoms with Gasteiger partial charge in [-0.25, -0.2) is 10.4 Å². The highest BCUT2D eigenvalue weighted by Crippen LogP contribution is 2.34. The number of hydrogen-bond acceptors (Lipinski definition) is 4. The molecule has 2 aliphatic rings. The van der Waals surface area contributed by atoms with E-state index < -0.39 is 0 Å². The summed E-state index contributed by atoms with van der Waals surface area (Å²) >= 11 is 3.55. The van der Waals surface area contributed by atoms with Gasteiger partial charge in [0.1, 0.15) is 5.75 Å². The maximum absolute atomic E-state index is 5.73. The van der Waals surface area contributed by atoms with Gasteiger partial charge in [-0.3, -0.25) is 0 Å². The van der Waals surface area contributed by atoms with E-state index in [4.69, 9.17) is 4.74 Å². The standard InChI is InChI=1S/C14H20BrN3O/c1-17-5-7-18(8-6-17)16-13-4-9-19-14-3-2-11(15)10-12(13)14/h2-3,10,13,16H,4-9H2,1H3.